The van der Waals surface area contributed by atoms with E-state index in [0.29, 0.717) is 37.5 Å². The Balaban J connectivity index is 1.06. The summed E-state index contributed by atoms with van der Waals surface area (Å²) in [5.41, 5.74) is 3.90. The maximum atomic E-state index is 12.6. The number of anilines is 1. The van der Waals surface area contributed by atoms with Gasteiger partial charge in [0, 0.05) is 50.7 Å². The first-order chi connectivity index (χ1) is 17.5. The van der Waals surface area contributed by atoms with Crippen LogP contribution in [0.15, 0.2) is 36.7 Å². The second kappa shape index (κ2) is 11.6. The summed E-state index contributed by atoms with van der Waals surface area (Å²) in [6.45, 7) is 5.54. The van der Waals surface area contributed by atoms with Crippen molar-refractivity contribution in [1.82, 2.24) is 20.5 Å². The Labute approximate surface area is 212 Å². The lowest BCUT2D eigenvalue weighted by Gasteiger charge is -2.30. The molecule has 36 heavy (non-hydrogen) atoms. The first kappa shape index (κ1) is 25.0. The number of benzene rings is 1. The minimum Gasteiger partial charge on any atom is -0.491 e. The van der Waals surface area contributed by atoms with Crippen LogP contribution < -0.4 is 20.7 Å². The lowest BCUT2D eigenvalue weighted by atomic mass is 9.93. The molecule has 1 aromatic heterocycles. The summed E-state index contributed by atoms with van der Waals surface area (Å²) in [5.74, 6) is 0.651. The smallest absolute Gasteiger partial charge is 0.253 e. The van der Waals surface area contributed by atoms with Crippen molar-refractivity contribution < 1.29 is 19.4 Å². The number of fused-ring (bicyclic) bond motifs is 1. The zero-order chi connectivity index (χ0) is 24.9. The van der Waals surface area contributed by atoms with Gasteiger partial charge in [0.25, 0.3) is 5.91 Å². The summed E-state index contributed by atoms with van der Waals surface area (Å²) in [6, 6.07) is 8.84. The number of β-amino-alcohol motifs (C(OH)–C–C–N with tert-alkyl or cyclic N) is 1. The van der Waals surface area contributed by atoms with Gasteiger partial charge in [0.15, 0.2) is 0 Å². The van der Waals surface area contributed by atoms with E-state index >= 15 is 0 Å². The summed E-state index contributed by atoms with van der Waals surface area (Å²) in [7, 11) is 0. The molecule has 3 aliphatic rings. The van der Waals surface area contributed by atoms with Gasteiger partial charge in [-0.05, 0) is 61.9 Å². The van der Waals surface area contributed by atoms with Crippen LogP contribution in [-0.2, 0) is 17.7 Å². The standard InChI is InChI=1S/C27H37N5O4/c1-18-26(36-17-30-18)16-35-25-6-5-20-14-32(8-7-19(20)10-25)15-24(33)13-29-27(34)21-9-23(12-28-11-21)31-22-3-2-4-22/h5-6,9-12,18,22,24,26,30-31,33H,2-4,7-8,13-17H2,1H3,(H,29,34)/t18?,24-,26?/m0/s1. The molecule has 1 saturated carbocycles. The predicted molar refractivity (Wildman–Crippen MR) is 137 cm³/mol. The molecule has 3 atom stereocenters. The second-order valence-electron chi connectivity index (χ2n) is 10.2. The van der Waals surface area contributed by atoms with Gasteiger partial charge in [0.2, 0.25) is 0 Å². The fraction of sp³-hybridized carbons (Fsp3) is 0.556. The SMILES string of the molecule is CC1NCOC1COc1ccc2c(c1)CCN(C[C@@H](O)CNC(=O)c1cncc(NC3CCC3)c1)C2. The monoisotopic (exact) mass is 495 g/mol. The first-order valence-corrected chi connectivity index (χ1v) is 13.0. The number of aromatic nitrogens is 1. The van der Waals surface area contributed by atoms with Crippen molar-refractivity contribution in [3.63, 3.8) is 0 Å². The number of ether oxygens (including phenoxy) is 2. The molecule has 9 heteroatoms. The average molecular weight is 496 g/mol. The van der Waals surface area contributed by atoms with Gasteiger partial charge in [-0.1, -0.05) is 6.07 Å². The highest BCUT2D eigenvalue weighted by Crippen LogP contribution is 2.25. The Morgan fingerprint density at radius 1 is 1.31 bits per heavy atom. The van der Waals surface area contributed by atoms with Crippen molar-refractivity contribution in [3.05, 3.63) is 53.3 Å². The van der Waals surface area contributed by atoms with Crippen LogP contribution in [0.1, 0.15) is 47.7 Å². The number of aliphatic hydroxyl groups is 1. The highest BCUT2D eigenvalue weighted by Gasteiger charge is 2.25. The van der Waals surface area contributed by atoms with Gasteiger partial charge < -0.3 is 25.2 Å². The van der Waals surface area contributed by atoms with Crippen molar-refractivity contribution in [2.45, 2.75) is 63.4 Å². The van der Waals surface area contributed by atoms with E-state index in [-0.39, 0.29) is 18.6 Å². The lowest BCUT2D eigenvalue weighted by molar-refractivity contribution is 0.0622. The van der Waals surface area contributed by atoms with Crippen LogP contribution >= 0.6 is 0 Å². The zero-order valence-electron chi connectivity index (χ0n) is 20.9. The van der Waals surface area contributed by atoms with E-state index < -0.39 is 6.10 Å². The molecule has 5 rings (SSSR count). The number of aliphatic hydroxyl groups excluding tert-OH is 1. The van der Waals surface area contributed by atoms with Crippen LogP contribution in [-0.4, -0.2) is 78.2 Å². The second-order valence-corrected chi connectivity index (χ2v) is 10.2. The van der Waals surface area contributed by atoms with Crippen molar-refractivity contribution in [2.75, 3.05) is 38.3 Å². The molecular weight excluding hydrogens is 458 g/mol. The summed E-state index contributed by atoms with van der Waals surface area (Å²) in [6.07, 6.45) is 7.19. The number of pyridine rings is 1. The molecule has 9 nitrogen and oxygen atoms in total. The molecular formula is C27H37N5O4. The van der Waals surface area contributed by atoms with E-state index in [4.69, 9.17) is 9.47 Å². The van der Waals surface area contributed by atoms with Gasteiger partial charge in [-0.25, -0.2) is 0 Å². The van der Waals surface area contributed by atoms with Crippen LogP contribution in [0.3, 0.4) is 0 Å². The molecule has 3 heterocycles. The molecule has 1 amide bonds. The van der Waals surface area contributed by atoms with Gasteiger partial charge >= 0.3 is 0 Å². The largest absolute Gasteiger partial charge is 0.491 e. The molecule has 2 fully saturated rings. The molecule has 0 radical (unpaired) electrons. The van der Waals surface area contributed by atoms with Gasteiger partial charge in [-0.15, -0.1) is 0 Å². The number of nitrogens with one attached hydrogen (secondary N) is 3. The van der Waals surface area contributed by atoms with Crippen molar-refractivity contribution in [2.24, 2.45) is 0 Å². The van der Waals surface area contributed by atoms with Gasteiger partial charge in [0.05, 0.1) is 24.1 Å². The first-order valence-electron chi connectivity index (χ1n) is 13.0. The van der Waals surface area contributed by atoms with E-state index in [1.165, 1.54) is 17.5 Å². The molecule has 194 valence electrons. The molecule has 1 aromatic carbocycles. The van der Waals surface area contributed by atoms with Crippen molar-refractivity contribution in [3.8, 4) is 5.75 Å². The number of rotatable bonds is 10. The third-order valence-corrected chi connectivity index (χ3v) is 7.39. The molecule has 1 saturated heterocycles. The number of amides is 1. The lowest BCUT2D eigenvalue weighted by Crippen LogP contribution is -2.42. The summed E-state index contributed by atoms with van der Waals surface area (Å²) in [5, 5.41) is 20.1. The number of nitrogens with zero attached hydrogens (tertiary/aromatic N) is 2. The van der Waals surface area contributed by atoms with Crippen LogP contribution in [0.5, 0.6) is 5.75 Å². The highest BCUT2D eigenvalue weighted by molar-refractivity contribution is 5.94. The Kier molecular flexibility index (Phi) is 8.01. The topological polar surface area (TPSA) is 108 Å². The quantitative estimate of drug-likeness (QED) is 0.396. The maximum absolute atomic E-state index is 12.6. The number of hydrogen-bond acceptors (Lipinski definition) is 8. The minimum atomic E-state index is -0.649. The van der Waals surface area contributed by atoms with Crippen molar-refractivity contribution >= 4 is 11.6 Å². The molecule has 2 unspecified atom stereocenters. The molecule has 4 N–H and O–H groups in total. The summed E-state index contributed by atoms with van der Waals surface area (Å²) >= 11 is 0. The molecule has 2 aliphatic heterocycles. The van der Waals surface area contributed by atoms with Crippen LogP contribution in [0, 0.1) is 0 Å². The van der Waals surface area contributed by atoms with Gasteiger partial charge in [-0.3, -0.25) is 20.0 Å². The fourth-order valence-corrected chi connectivity index (χ4v) is 4.87. The maximum Gasteiger partial charge on any atom is 0.253 e. The molecule has 1 aliphatic carbocycles. The molecule has 0 bridgehead atoms. The van der Waals surface area contributed by atoms with E-state index in [9.17, 15) is 9.90 Å². The van der Waals surface area contributed by atoms with E-state index in [1.54, 1.807) is 12.4 Å². The predicted octanol–water partition coefficient (Wildman–Crippen LogP) is 1.91. The van der Waals surface area contributed by atoms with E-state index in [0.717, 1.165) is 43.8 Å². The minimum absolute atomic E-state index is 0.0719. The number of hydrogen-bond donors (Lipinski definition) is 4. The Hall–Kier alpha value is -2.72. The van der Waals surface area contributed by atoms with Gasteiger partial charge in [-0.2, -0.15) is 0 Å². The molecule has 0 spiro atoms. The van der Waals surface area contributed by atoms with Crippen LogP contribution in [0.4, 0.5) is 5.69 Å². The normalized spacial score (nSPS) is 22.9. The Morgan fingerprint density at radius 3 is 2.97 bits per heavy atom. The molecule has 2 aromatic rings. The highest BCUT2D eigenvalue weighted by atomic mass is 16.5. The van der Waals surface area contributed by atoms with Crippen molar-refractivity contribution in [1.29, 1.82) is 0 Å². The Bertz CT molecular complexity index is 1050. The number of carbonyl (C=O) groups is 1. The zero-order valence-corrected chi connectivity index (χ0v) is 20.9. The third kappa shape index (κ3) is 6.34. The fourth-order valence-electron chi connectivity index (χ4n) is 4.87. The van der Waals surface area contributed by atoms with Crippen LogP contribution in [0.25, 0.3) is 0 Å². The van der Waals surface area contributed by atoms with Gasteiger partial charge in [0.1, 0.15) is 18.5 Å². The summed E-state index contributed by atoms with van der Waals surface area (Å²) < 4.78 is 11.6. The third-order valence-electron chi connectivity index (χ3n) is 7.39. The number of carbonyl (C=O) groups excluding carboxylic acids is 1. The van der Waals surface area contributed by atoms with E-state index in [1.807, 2.05) is 12.1 Å². The van der Waals surface area contributed by atoms with Crippen LogP contribution in [0.2, 0.25) is 0 Å². The summed E-state index contributed by atoms with van der Waals surface area (Å²) in [4.78, 5) is 19.0. The Morgan fingerprint density at radius 2 is 2.19 bits per heavy atom. The van der Waals surface area contributed by atoms with E-state index in [2.05, 4.69) is 44.9 Å². The average Bonchev–Trinajstić information content (AvgIpc) is 3.28.